The van der Waals surface area contributed by atoms with Gasteiger partial charge >= 0.3 is 0 Å². The van der Waals surface area contributed by atoms with E-state index in [2.05, 4.69) is 16.6 Å². The molecule has 2 N–H and O–H groups in total. The normalized spacial score (nSPS) is 17.6. The Balaban J connectivity index is 1.56. The van der Waals surface area contributed by atoms with Crippen molar-refractivity contribution in [2.45, 2.75) is 37.8 Å². The average molecular weight is 516 g/mol. The molecule has 1 aliphatic rings. The molecule has 0 radical (unpaired) electrons. The molecule has 1 aliphatic heterocycles. The second-order valence-corrected chi connectivity index (χ2v) is 9.21. The van der Waals surface area contributed by atoms with Crippen molar-refractivity contribution in [3.05, 3.63) is 101 Å². The third-order valence-corrected chi connectivity index (χ3v) is 6.51. The van der Waals surface area contributed by atoms with Crippen LogP contribution in [0.2, 0.25) is 0 Å². The van der Waals surface area contributed by atoms with Crippen molar-refractivity contribution < 1.29 is 23.2 Å². The quantitative estimate of drug-likeness (QED) is 0.473. The number of anilines is 1. The Morgan fingerprint density at radius 3 is 2.39 bits per heavy atom. The molecule has 38 heavy (non-hydrogen) atoms. The fourth-order valence-electron chi connectivity index (χ4n) is 4.75. The zero-order valence-corrected chi connectivity index (χ0v) is 20.8. The number of para-hydroxylation sites is 1. The van der Waals surface area contributed by atoms with Crippen LogP contribution in [0.5, 0.6) is 0 Å². The number of benzene rings is 3. The number of halogens is 2. The maximum absolute atomic E-state index is 13.9. The summed E-state index contributed by atoms with van der Waals surface area (Å²) >= 11 is 0. The number of hydrogen-bond donors (Lipinski definition) is 2. The number of rotatable bonds is 7. The highest BCUT2D eigenvalue weighted by Gasteiger charge is 2.39. The molecule has 3 aromatic rings. The van der Waals surface area contributed by atoms with Crippen molar-refractivity contribution in [1.82, 2.24) is 10.6 Å². The van der Waals surface area contributed by atoms with Gasteiger partial charge in [-0.1, -0.05) is 54.5 Å². The first-order valence-corrected chi connectivity index (χ1v) is 12.2. The Kier molecular flexibility index (Phi) is 8.29. The van der Waals surface area contributed by atoms with Gasteiger partial charge in [-0.15, -0.1) is 6.42 Å². The molecule has 0 saturated carbocycles. The molecular weight excluding hydrogens is 488 g/mol. The summed E-state index contributed by atoms with van der Waals surface area (Å²) < 4.78 is 26.9. The molecule has 194 valence electrons. The first-order valence-electron chi connectivity index (χ1n) is 12.2. The Bertz CT molecular complexity index is 1370. The SMILES string of the molecule is C#CCN1C(=O)[C@H](N[C@@H](C)C(=O)NC(=O)Cc2cc(F)cc(F)c2)C(c2ccccc2)Cc2ccccc21. The van der Waals surface area contributed by atoms with Crippen molar-refractivity contribution >= 4 is 23.4 Å². The number of hydrogen-bond acceptors (Lipinski definition) is 4. The highest BCUT2D eigenvalue weighted by Crippen LogP contribution is 2.35. The van der Waals surface area contributed by atoms with Crippen LogP contribution in [-0.4, -0.2) is 36.3 Å². The lowest BCUT2D eigenvalue weighted by molar-refractivity contribution is -0.131. The van der Waals surface area contributed by atoms with E-state index in [9.17, 15) is 23.2 Å². The topological polar surface area (TPSA) is 78.5 Å². The molecule has 1 heterocycles. The van der Waals surface area contributed by atoms with Crippen LogP contribution in [0, 0.1) is 24.0 Å². The molecule has 4 rings (SSSR count). The second-order valence-electron chi connectivity index (χ2n) is 9.21. The smallest absolute Gasteiger partial charge is 0.245 e. The zero-order chi connectivity index (χ0) is 27.2. The fraction of sp³-hybridized carbons (Fsp3) is 0.233. The number of amides is 3. The van der Waals surface area contributed by atoms with Crippen molar-refractivity contribution in [1.29, 1.82) is 0 Å². The highest BCUT2D eigenvalue weighted by atomic mass is 19.1. The Hall–Kier alpha value is -4.35. The van der Waals surface area contributed by atoms with Crippen LogP contribution < -0.4 is 15.5 Å². The summed E-state index contributed by atoms with van der Waals surface area (Å²) in [4.78, 5) is 40.7. The van der Waals surface area contributed by atoms with Crippen molar-refractivity contribution in [3.8, 4) is 12.3 Å². The van der Waals surface area contributed by atoms with Gasteiger partial charge in [0.15, 0.2) is 0 Å². The van der Waals surface area contributed by atoms with Crippen LogP contribution in [0.4, 0.5) is 14.5 Å². The fourth-order valence-corrected chi connectivity index (χ4v) is 4.75. The number of carbonyl (C=O) groups is 3. The summed E-state index contributed by atoms with van der Waals surface area (Å²) in [5.41, 5.74) is 2.67. The van der Waals surface area contributed by atoms with Crippen molar-refractivity contribution in [2.75, 3.05) is 11.4 Å². The number of fused-ring (bicyclic) bond motifs is 1. The lowest BCUT2D eigenvalue weighted by Gasteiger charge is -2.30. The first-order chi connectivity index (χ1) is 18.3. The Labute approximate surface area is 220 Å². The van der Waals surface area contributed by atoms with E-state index in [0.717, 1.165) is 28.9 Å². The number of imide groups is 1. The van der Waals surface area contributed by atoms with Crippen LogP contribution in [0.1, 0.15) is 29.5 Å². The predicted octanol–water partition coefficient (Wildman–Crippen LogP) is 3.50. The molecule has 8 heteroatoms. The van der Waals surface area contributed by atoms with Gasteiger partial charge in [0.25, 0.3) is 0 Å². The number of nitrogens with zero attached hydrogens (tertiary/aromatic N) is 1. The van der Waals surface area contributed by atoms with Gasteiger partial charge in [-0.25, -0.2) is 8.78 Å². The minimum atomic E-state index is -0.947. The summed E-state index contributed by atoms with van der Waals surface area (Å²) in [5.74, 6) is -1.09. The van der Waals surface area contributed by atoms with Gasteiger partial charge in [-0.05, 0) is 48.2 Å². The van der Waals surface area contributed by atoms with Crippen LogP contribution in [0.15, 0.2) is 72.8 Å². The van der Waals surface area contributed by atoms with E-state index in [1.807, 2.05) is 54.6 Å². The van der Waals surface area contributed by atoms with Gasteiger partial charge < -0.3 is 0 Å². The van der Waals surface area contributed by atoms with Gasteiger partial charge in [0.1, 0.15) is 11.6 Å². The summed E-state index contributed by atoms with van der Waals surface area (Å²) in [6, 6.07) is 18.0. The van der Waals surface area contributed by atoms with Gasteiger partial charge in [0.05, 0.1) is 25.0 Å². The zero-order valence-electron chi connectivity index (χ0n) is 20.8. The number of nitrogens with one attached hydrogen (secondary N) is 2. The second kappa shape index (κ2) is 11.8. The van der Waals surface area contributed by atoms with Crippen molar-refractivity contribution in [3.63, 3.8) is 0 Å². The molecule has 0 saturated heterocycles. The van der Waals surface area contributed by atoms with Crippen molar-refractivity contribution in [2.24, 2.45) is 0 Å². The molecule has 1 unspecified atom stereocenters. The average Bonchev–Trinajstić information content (AvgIpc) is 2.99. The minimum Gasteiger partial charge on any atom is -0.299 e. The van der Waals surface area contributed by atoms with Gasteiger partial charge in [0.2, 0.25) is 17.7 Å². The molecule has 6 nitrogen and oxygen atoms in total. The standard InChI is InChI=1S/C30H27F2N3O3/c1-3-13-35-26-12-8-7-11-22(26)17-25(21-9-5-4-6-10-21)28(30(35)38)33-19(2)29(37)34-27(36)16-20-14-23(31)18-24(32)15-20/h1,4-12,14-15,18-19,25,28,33H,13,16-17H2,2H3,(H,34,36,37)/t19-,25?,28+/m0/s1. The molecule has 3 atom stereocenters. The maximum atomic E-state index is 13.9. The van der Waals surface area contributed by atoms with E-state index in [1.165, 1.54) is 4.90 Å². The molecule has 0 bridgehead atoms. The third-order valence-electron chi connectivity index (χ3n) is 6.51. The third kappa shape index (κ3) is 6.13. The Morgan fingerprint density at radius 2 is 1.71 bits per heavy atom. The van der Waals surface area contributed by atoms with Gasteiger partial charge in [-0.3, -0.25) is 29.9 Å². The van der Waals surface area contributed by atoms with E-state index < -0.39 is 35.5 Å². The molecule has 3 aromatic carbocycles. The van der Waals surface area contributed by atoms with E-state index in [1.54, 1.807) is 6.92 Å². The summed E-state index contributed by atoms with van der Waals surface area (Å²) in [6.07, 6.45) is 5.73. The predicted molar refractivity (Wildman–Crippen MR) is 140 cm³/mol. The highest BCUT2D eigenvalue weighted by molar-refractivity contribution is 6.01. The Morgan fingerprint density at radius 1 is 1.05 bits per heavy atom. The largest absolute Gasteiger partial charge is 0.299 e. The minimum absolute atomic E-state index is 0.0544. The molecular formula is C30H27F2N3O3. The van der Waals surface area contributed by atoms with Crippen LogP contribution >= 0.6 is 0 Å². The molecule has 0 aromatic heterocycles. The van der Waals surface area contributed by atoms with E-state index in [4.69, 9.17) is 6.42 Å². The lowest BCUT2D eigenvalue weighted by atomic mass is 9.86. The monoisotopic (exact) mass is 515 g/mol. The molecule has 0 aliphatic carbocycles. The number of terminal acetylenes is 1. The van der Waals surface area contributed by atoms with E-state index in [0.29, 0.717) is 12.5 Å². The molecule has 0 fully saturated rings. The van der Waals surface area contributed by atoms with Gasteiger partial charge in [-0.2, -0.15) is 0 Å². The number of carbonyl (C=O) groups excluding carboxylic acids is 3. The summed E-state index contributed by atoms with van der Waals surface area (Å²) in [5, 5.41) is 5.38. The van der Waals surface area contributed by atoms with Crippen LogP contribution in [0.3, 0.4) is 0 Å². The van der Waals surface area contributed by atoms with E-state index >= 15 is 0 Å². The van der Waals surface area contributed by atoms with Crippen LogP contribution in [0.25, 0.3) is 0 Å². The molecule has 0 spiro atoms. The van der Waals surface area contributed by atoms with Gasteiger partial charge in [0, 0.05) is 17.7 Å². The molecule has 3 amide bonds. The first kappa shape index (κ1) is 26.7. The van der Waals surface area contributed by atoms with Crippen LogP contribution in [-0.2, 0) is 27.2 Å². The summed E-state index contributed by atoms with van der Waals surface area (Å²) in [7, 11) is 0. The maximum Gasteiger partial charge on any atom is 0.245 e. The van der Waals surface area contributed by atoms with E-state index in [-0.39, 0.29) is 30.4 Å². The lowest BCUT2D eigenvalue weighted by Crippen LogP contribution is -2.55. The summed E-state index contributed by atoms with van der Waals surface area (Å²) in [6.45, 7) is 1.60.